The Morgan fingerprint density at radius 3 is 2.50 bits per heavy atom. The minimum absolute atomic E-state index is 0.0593. The molecular formula is C30H30N2O6. The number of amides is 1. The SMILES string of the molecule is COc1cc(/C=C/C(=O)Oc2ccc(/C=C(\C#N)C(=O)NCc3ccco3)cc2)ccc1OCCC(C)C. The summed E-state index contributed by atoms with van der Waals surface area (Å²) >= 11 is 0. The Hall–Kier alpha value is -4.77. The number of furan rings is 1. The van der Waals surface area contributed by atoms with Crippen molar-refractivity contribution in [3.8, 4) is 23.3 Å². The maximum atomic E-state index is 12.3. The average Bonchev–Trinajstić information content (AvgIpc) is 3.44. The van der Waals surface area contributed by atoms with Gasteiger partial charge in [-0.1, -0.05) is 32.0 Å². The number of hydrogen-bond donors (Lipinski definition) is 1. The number of nitrogens with zero attached hydrogens (tertiary/aromatic N) is 1. The quantitative estimate of drug-likeness (QED) is 0.146. The van der Waals surface area contributed by atoms with Crippen LogP contribution in [0, 0.1) is 17.2 Å². The van der Waals surface area contributed by atoms with Crippen LogP contribution < -0.4 is 19.5 Å². The van der Waals surface area contributed by atoms with Crippen LogP contribution in [0.2, 0.25) is 0 Å². The summed E-state index contributed by atoms with van der Waals surface area (Å²) in [7, 11) is 1.57. The molecule has 8 heteroatoms. The molecule has 3 aromatic rings. The van der Waals surface area contributed by atoms with Crippen LogP contribution in [0.5, 0.6) is 17.2 Å². The van der Waals surface area contributed by atoms with Gasteiger partial charge in [-0.25, -0.2) is 4.79 Å². The Balaban J connectivity index is 1.56. The van der Waals surface area contributed by atoms with Gasteiger partial charge < -0.3 is 23.9 Å². The van der Waals surface area contributed by atoms with Crippen LogP contribution in [-0.4, -0.2) is 25.6 Å². The first-order chi connectivity index (χ1) is 18.4. The Morgan fingerprint density at radius 1 is 1.08 bits per heavy atom. The van der Waals surface area contributed by atoms with Crippen molar-refractivity contribution in [1.29, 1.82) is 5.26 Å². The standard InChI is InChI=1S/C30H30N2O6/c1-21(2)14-16-37-27-12-8-23(18-28(27)35-3)9-13-29(33)38-25-10-6-22(7-11-25)17-24(19-31)30(34)32-20-26-5-4-15-36-26/h4-13,15,17-18,21H,14,16,20H2,1-3H3,(H,32,34)/b13-9+,24-17+. The molecule has 196 valence electrons. The number of nitriles is 1. The number of nitrogens with one attached hydrogen (secondary N) is 1. The molecule has 1 aromatic heterocycles. The van der Waals surface area contributed by atoms with Crippen molar-refractivity contribution in [2.45, 2.75) is 26.8 Å². The lowest BCUT2D eigenvalue weighted by Crippen LogP contribution is -2.23. The van der Waals surface area contributed by atoms with Crippen LogP contribution in [0.4, 0.5) is 0 Å². The van der Waals surface area contributed by atoms with Crippen molar-refractivity contribution in [2.24, 2.45) is 5.92 Å². The molecule has 2 aromatic carbocycles. The molecule has 1 heterocycles. The highest BCUT2D eigenvalue weighted by atomic mass is 16.5. The molecule has 0 bridgehead atoms. The summed E-state index contributed by atoms with van der Waals surface area (Å²) in [6.07, 6.45) is 6.84. The average molecular weight is 515 g/mol. The van der Waals surface area contributed by atoms with Gasteiger partial charge in [0.05, 0.1) is 26.5 Å². The lowest BCUT2D eigenvalue weighted by Gasteiger charge is -2.12. The van der Waals surface area contributed by atoms with E-state index in [2.05, 4.69) is 19.2 Å². The zero-order chi connectivity index (χ0) is 27.3. The molecule has 0 aliphatic rings. The summed E-state index contributed by atoms with van der Waals surface area (Å²) in [5, 5.41) is 12.0. The van der Waals surface area contributed by atoms with E-state index in [1.807, 2.05) is 18.2 Å². The van der Waals surface area contributed by atoms with Crippen molar-refractivity contribution in [1.82, 2.24) is 5.32 Å². The van der Waals surface area contributed by atoms with Gasteiger partial charge in [-0.2, -0.15) is 5.26 Å². The first kappa shape index (κ1) is 27.8. The Bertz CT molecular complexity index is 1320. The van der Waals surface area contributed by atoms with E-state index in [0.29, 0.717) is 41.1 Å². The zero-order valence-corrected chi connectivity index (χ0v) is 21.6. The Kier molecular flexibility index (Phi) is 10.3. The molecule has 3 rings (SSSR count). The molecule has 0 aliphatic carbocycles. The number of hydrogen-bond acceptors (Lipinski definition) is 7. The Morgan fingerprint density at radius 2 is 1.84 bits per heavy atom. The summed E-state index contributed by atoms with van der Waals surface area (Å²) < 4.78 is 21.7. The molecule has 0 saturated heterocycles. The van der Waals surface area contributed by atoms with Gasteiger partial charge >= 0.3 is 5.97 Å². The molecule has 38 heavy (non-hydrogen) atoms. The number of esters is 1. The van der Waals surface area contributed by atoms with Gasteiger partial charge in [0.15, 0.2) is 11.5 Å². The van der Waals surface area contributed by atoms with Crippen LogP contribution in [0.1, 0.15) is 37.2 Å². The maximum Gasteiger partial charge on any atom is 0.336 e. The normalized spacial score (nSPS) is 11.3. The van der Waals surface area contributed by atoms with E-state index < -0.39 is 11.9 Å². The Labute approximate surface area is 222 Å². The van der Waals surface area contributed by atoms with E-state index in [4.69, 9.17) is 18.6 Å². The van der Waals surface area contributed by atoms with Gasteiger partial charge in [-0.15, -0.1) is 0 Å². The second kappa shape index (κ2) is 14.1. The van der Waals surface area contributed by atoms with Gasteiger partial charge in [0, 0.05) is 6.08 Å². The number of rotatable bonds is 12. The molecule has 0 unspecified atom stereocenters. The first-order valence-electron chi connectivity index (χ1n) is 12.1. The van der Waals surface area contributed by atoms with Crippen LogP contribution in [0.25, 0.3) is 12.2 Å². The molecule has 0 fully saturated rings. The third-order valence-corrected chi connectivity index (χ3v) is 5.33. The van der Waals surface area contributed by atoms with E-state index in [1.165, 1.54) is 18.4 Å². The van der Waals surface area contributed by atoms with Crippen LogP contribution >= 0.6 is 0 Å². The molecular weight excluding hydrogens is 484 g/mol. The fourth-order valence-electron chi connectivity index (χ4n) is 3.25. The van der Waals surface area contributed by atoms with Crippen molar-refractivity contribution in [3.63, 3.8) is 0 Å². The lowest BCUT2D eigenvalue weighted by atomic mass is 10.1. The van der Waals surface area contributed by atoms with E-state index in [9.17, 15) is 14.9 Å². The number of methoxy groups -OCH3 is 1. The summed E-state index contributed by atoms with van der Waals surface area (Å²) in [5.41, 5.74) is 1.30. The van der Waals surface area contributed by atoms with E-state index >= 15 is 0 Å². The van der Waals surface area contributed by atoms with Crippen molar-refractivity contribution in [2.75, 3.05) is 13.7 Å². The molecule has 0 aliphatic heterocycles. The number of carbonyl (C=O) groups is 2. The molecule has 8 nitrogen and oxygen atoms in total. The maximum absolute atomic E-state index is 12.3. The fourth-order valence-corrected chi connectivity index (χ4v) is 3.25. The predicted octanol–water partition coefficient (Wildman–Crippen LogP) is 5.56. The summed E-state index contributed by atoms with van der Waals surface area (Å²) in [6.45, 7) is 5.04. The van der Waals surface area contributed by atoms with Crippen LogP contribution in [0.3, 0.4) is 0 Å². The minimum Gasteiger partial charge on any atom is -0.493 e. The van der Waals surface area contributed by atoms with E-state index in [-0.39, 0.29) is 12.1 Å². The van der Waals surface area contributed by atoms with E-state index in [1.54, 1.807) is 55.7 Å². The third kappa shape index (κ3) is 8.71. The van der Waals surface area contributed by atoms with Gasteiger partial charge in [0.1, 0.15) is 23.2 Å². The second-order valence-corrected chi connectivity index (χ2v) is 8.70. The van der Waals surface area contributed by atoms with Crippen LogP contribution in [0.15, 0.2) is 76.9 Å². The summed E-state index contributed by atoms with van der Waals surface area (Å²) in [6, 6.07) is 17.2. The highest BCUT2D eigenvalue weighted by Gasteiger charge is 2.10. The fraction of sp³-hybridized carbons (Fsp3) is 0.233. The molecule has 0 spiro atoms. The third-order valence-electron chi connectivity index (χ3n) is 5.33. The number of benzene rings is 2. The summed E-state index contributed by atoms with van der Waals surface area (Å²) in [5.74, 6) is 1.61. The molecule has 0 radical (unpaired) electrons. The number of carbonyl (C=O) groups excluding carboxylic acids is 2. The van der Waals surface area contributed by atoms with Gasteiger partial charge in [0.25, 0.3) is 5.91 Å². The van der Waals surface area contributed by atoms with Gasteiger partial charge in [0.2, 0.25) is 0 Å². The predicted molar refractivity (Wildman–Crippen MR) is 143 cm³/mol. The van der Waals surface area contributed by atoms with Crippen molar-refractivity contribution in [3.05, 3.63) is 89.4 Å². The van der Waals surface area contributed by atoms with Crippen molar-refractivity contribution < 1.29 is 28.2 Å². The highest BCUT2D eigenvalue weighted by molar-refractivity contribution is 6.01. The largest absolute Gasteiger partial charge is 0.493 e. The molecule has 0 atom stereocenters. The molecule has 1 amide bonds. The minimum atomic E-state index is -0.556. The van der Waals surface area contributed by atoms with Crippen LogP contribution in [-0.2, 0) is 16.1 Å². The second-order valence-electron chi connectivity index (χ2n) is 8.70. The molecule has 0 saturated carbocycles. The van der Waals surface area contributed by atoms with Crippen molar-refractivity contribution >= 4 is 24.0 Å². The van der Waals surface area contributed by atoms with Gasteiger partial charge in [-0.3, -0.25) is 4.79 Å². The smallest absolute Gasteiger partial charge is 0.336 e. The van der Waals surface area contributed by atoms with E-state index in [0.717, 1.165) is 12.0 Å². The zero-order valence-electron chi connectivity index (χ0n) is 21.6. The first-order valence-corrected chi connectivity index (χ1v) is 12.1. The molecule has 1 N–H and O–H groups in total. The lowest BCUT2D eigenvalue weighted by molar-refractivity contribution is -0.128. The number of ether oxygens (including phenoxy) is 3. The summed E-state index contributed by atoms with van der Waals surface area (Å²) in [4.78, 5) is 24.6. The monoisotopic (exact) mass is 514 g/mol. The topological polar surface area (TPSA) is 111 Å². The highest BCUT2D eigenvalue weighted by Crippen LogP contribution is 2.29. The van der Waals surface area contributed by atoms with Gasteiger partial charge in [-0.05, 0) is 72.0 Å².